The molecule has 4 atom stereocenters. The zero-order valence-electron chi connectivity index (χ0n) is 20.0. The van der Waals surface area contributed by atoms with Gasteiger partial charge in [-0.2, -0.15) is 0 Å². The lowest BCUT2D eigenvalue weighted by Gasteiger charge is -2.36. The first-order valence-corrected chi connectivity index (χ1v) is 13.8. The minimum absolute atomic E-state index is 0.866. The van der Waals surface area contributed by atoms with Crippen molar-refractivity contribution in [3.63, 3.8) is 0 Å². The van der Waals surface area contributed by atoms with Gasteiger partial charge in [0, 0.05) is 12.8 Å². The molecule has 3 aliphatic rings. The Morgan fingerprint density at radius 2 is 1.10 bits per heavy atom. The fraction of sp³-hybridized carbons (Fsp3) is 0.862. The first-order chi connectivity index (χ1) is 14.7. The highest BCUT2D eigenvalue weighted by Gasteiger charge is 2.29. The van der Waals surface area contributed by atoms with Crippen LogP contribution in [0.15, 0.2) is 16.5 Å². The molecule has 170 valence electrons. The smallest absolute Gasteiger partial charge is 0.104 e. The monoisotopic (exact) mass is 412 g/mol. The minimum atomic E-state index is 0.866. The average Bonchev–Trinajstić information content (AvgIpc) is 3.22. The molecular formula is C29H48O. The van der Waals surface area contributed by atoms with E-state index in [9.17, 15) is 0 Å². The molecule has 30 heavy (non-hydrogen) atoms. The Bertz CT molecular complexity index is 608. The predicted octanol–water partition coefficient (Wildman–Crippen LogP) is 8.99. The summed E-state index contributed by atoms with van der Waals surface area (Å²) in [4.78, 5) is 0. The summed E-state index contributed by atoms with van der Waals surface area (Å²) in [5.74, 6) is 8.31. The topological polar surface area (TPSA) is 13.1 Å². The van der Waals surface area contributed by atoms with Crippen LogP contribution < -0.4 is 0 Å². The maximum Gasteiger partial charge on any atom is 0.104 e. The second kappa shape index (κ2) is 11.2. The van der Waals surface area contributed by atoms with Gasteiger partial charge in [0.05, 0.1) is 0 Å². The van der Waals surface area contributed by atoms with E-state index in [1.807, 2.05) is 0 Å². The van der Waals surface area contributed by atoms with E-state index in [0.29, 0.717) is 0 Å². The van der Waals surface area contributed by atoms with Crippen LogP contribution in [-0.2, 0) is 12.8 Å². The van der Waals surface area contributed by atoms with E-state index in [1.54, 1.807) is 0 Å². The summed E-state index contributed by atoms with van der Waals surface area (Å²) in [6, 6.07) is 4.61. The molecule has 1 aromatic rings. The fourth-order valence-corrected chi connectivity index (χ4v) is 7.51. The third-order valence-electron chi connectivity index (χ3n) is 9.45. The number of rotatable bonds is 8. The summed E-state index contributed by atoms with van der Waals surface area (Å²) in [5.41, 5.74) is 0. The minimum Gasteiger partial charge on any atom is -0.466 e. The van der Waals surface area contributed by atoms with Crippen molar-refractivity contribution in [3.05, 3.63) is 23.7 Å². The first kappa shape index (κ1) is 22.5. The molecule has 3 saturated carbocycles. The first-order valence-electron chi connectivity index (χ1n) is 13.8. The molecule has 0 aromatic carbocycles. The molecule has 0 bridgehead atoms. The summed E-state index contributed by atoms with van der Waals surface area (Å²) in [5, 5.41) is 0. The lowest BCUT2D eigenvalue weighted by atomic mass is 9.70. The van der Waals surface area contributed by atoms with Gasteiger partial charge in [0.25, 0.3) is 0 Å². The number of furan rings is 1. The molecule has 4 unspecified atom stereocenters. The van der Waals surface area contributed by atoms with E-state index >= 15 is 0 Å². The van der Waals surface area contributed by atoms with Crippen LogP contribution in [0.25, 0.3) is 0 Å². The van der Waals surface area contributed by atoms with Crippen LogP contribution in [0.1, 0.15) is 122 Å². The third kappa shape index (κ3) is 5.95. The van der Waals surface area contributed by atoms with E-state index in [-0.39, 0.29) is 0 Å². The van der Waals surface area contributed by atoms with Gasteiger partial charge in [-0.05, 0) is 73.3 Å². The Labute approximate surface area is 186 Å². The second-order valence-electron chi connectivity index (χ2n) is 11.3. The summed E-state index contributed by atoms with van der Waals surface area (Å²) in [6.45, 7) is 4.80. The molecule has 1 nitrogen and oxygen atoms in total. The standard InChI is InChI=1S/C29H48O/c1-3-24-9-5-7-11-26(24)19-22-13-15-23(16-14-22)20-28-17-18-29(30-28)21-27-12-8-6-10-25(27)4-2/h17-18,22-27H,3-16,19-21H2,1-2H3. The number of hydrogen-bond donors (Lipinski definition) is 0. The van der Waals surface area contributed by atoms with Crippen LogP contribution in [-0.4, -0.2) is 0 Å². The molecule has 3 fully saturated rings. The van der Waals surface area contributed by atoms with E-state index in [1.165, 1.54) is 121 Å². The molecule has 0 aliphatic heterocycles. The highest BCUT2D eigenvalue weighted by molar-refractivity contribution is 5.09. The maximum absolute atomic E-state index is 6.36. The largest absolute Gasteiger partial charge is 0.466 e. The molecular weight excluding hydrogens is 364 g/mol. The Hall–Kier alpha value is -0.720. The SMILES string of the molecule is CCC1CCCCC1Cc1ccc(CC2CCC(CC3CCCCC3CC)CC2)o1. The van der Waals surface area contributed by atoms with Crippen LogP contribution in [0.2, 0.25) is 0 Å². The Balaban J connectivity index is 1.21. The predicted molar refractivity (Wildman–Crippen MR) is 128 cm³/mol. The van der Waals surface area contributed by atoms with Crippen molar-refractivity contribution >= 4 is 0 Å². The molecule has 0 N–H and O–H groups in total. The summed E-state index contributed by atoms with van der Waals surface area (Å²) in [7, 11) is 0. The molecule has 1 aromatic heterocycles. The average molecular weight is 413 g/mol. The van der Waals surface area contributed by atoms with Gasteiger partial charge in [-0.25, -0.2) is 0 Å². The zero-order chi connectivity index (χ0) is 20.8. The van der Waals surface area contributed by atoms with Crippen molar-refractivity contribution in [2.45, 2.75) is 123 Å². The quantitative estimate of drug-likeness (QED) is 0.415. The van der Waals surface area contributed by atoms with Gasteiger partial charge in [-0.15, -0.1) is 0 Å². The van der Waals surface area contributed by atoms with Crippen molar-refractivity contribution in [3.8, 4) is 0 Å². The van der Waals surface area contributed by atoms with Crippen LogP contribution in [0.5, 0.6) is 0 Å². The normalized spacial score (nSPS) is 35.4. The Morgan fingerprint density at radius 1 is 0.600 bits per heavy atom. The molecule has 1 heterocycles. The van der Waals surface area contributed by atoms with Crippen molar-refractivity contribution in [1.82, 2.24) is 0 Å². The van der Waals surface area contributed by atoms with Gasteiger partial charge in [-0.3, -0.25) is 0 Å². The van der Waals surface area contributed by atoms with E-state index in [4.69, 9.17) is 4.42 Å². The van der Waals surface area contributed by atoms with Crippen molar-refractivity contribution in [2.24, 2.45) is 35.5 Å². The van der Waals surface area contributed by atoms with E-state index in [2.05, 4.69) is 26.0 Å². The fourth-order valence-electron chi connectivity index (χ4n) is 7.51. The molecule has 3 aliphatic carbocycles. The van der Waals surface area contributed by atoms with Crippen molar-refractivity contribution < 1.29 is 4.42 Å². The Morgan fingerprint density at radius 3 is 1.73 bits per heavy atom. The van der Waals surface area contributed by atoms with Gasteiger partial charge >= 0.3 is 0 Å². The summed E-state index contributed by atoms with van der Waals surface area (Å²) < 4.78 is 6.36. The summed E-state index contributed by atoms with van der Waals surface area (Å²) in [6.07, 6.45) is 24.3. The van der Waals surface area contributed by atoms with E-state index in [0.717, 1.165) is 35.5 Å². The van der Waals surface area contributed by atoms with Crippen LogP contribution in [0, 0.1) is 35.5 Å². The highest BCUT2D eigenvalue weighted by Crippen LogP contribution is 2.41. The molecule has 4 rings (SSSR count). The molecule has 0 amide bonds. The number of hydrogen-bond acceptors (Lipinski definition) is 1. The van der Waals surface area contributed by atoms with Gasteiger partial charge in [-0.1, -0.05) is 84.5 Å². The molecule has 0 spiro atoms. The van der Waals surface area contributed by atoms with Crippen LogP contribution >= 0.6 is 0 Å². The lowest BCUT2D eigenvalue weighted by molar-refractivity contribution is 0.158. The van der Waals surface area contributed by atoms with Crippen molar-refractivity contribution in [2.75, 3.05) is 0 Å². The van der Waals surface area contributed by atoms with Crippen LogP contribution in [0.4, 0.5) is 0 Å². The zero-order valence-corrected chi connectivity index (χ0v) is 20.0. The van der Waals surface area contributed by atoms with Gasteiger partial charge < -0.3 is 4.42 Å². The molecule has 0 saturated heterocycles. The van der Waals surface area contributed by atoms with Gasteiger partial charge in [0.2, 0.25) is 0 Å². The molecule has 0 radical (unpaired) electrons. The van der Waals surface area contributed by atoms with Gasteiger partial charge in [0.15, 0.2) is 0 Å². The highest BCUT2D eigenvalue weighted by atomic mass is 16.3. The summed E-state index contributed by atoms with van der Waals surface area (Å²) >= 11 is 0. The maximum atomic E-state index is 6.36. The Kier molecular flexibility index (Phi) is 8.42. The second-order valence-corrected chi connectivity index (χ2v) is 11.3. The van der Waals surface area contributed by atoms with Crippen molar-refractivity contribution in [1.29, 1.82) is 0 Å². The molecule has 1 heteroatoms. The lowest BCUT2D eigenvalue weighted by Crippen LogP contribution is -2.24. The van der Waals surface area contributed by atoms with Crippen LogP contribution in [0.3, 0.4) is 0 Å². The third-order valence-corrected chi connectivity index (χ3v) is 9.45. The van der Waals surface area contributed by atoms with Gasteiger partial charge in [0.1, 0.15) is 11.5 Å². The van der Waals surface area contributed by atoms with E-state index < -0.39 is 0 Å².